The van der Waals surface area contributed by atoms with Gasteiger partial charge in [-0.2, -0.15) is 0 Å². The van der Waals surface area contributed by atoms with Gasteiger partial charge in [-0.15, -0.1) is 0 Å². The van der Waals surface area contributed by atoms with E-state index in [9.17, 15) is 4.79 Å². The first-order valence-corrected chi connectivity index (χ1v) is 4.48. The molecule has 0 aromatic carbocycles. The highest BCUT2D eigenvalue weighted by Gasteiger charge is 2.26. The fourth-order valence-corrected chi connectivity index (χ4v) is 1.57. The minimum atomic E-state index is 0.164. The van der Waals surface area contributed by atoms with Crippen molar-refractivity contribution in [1.29, 1.82) is 0 Å². The van der Waals surface area contributed by atoms with Crippen molar-refractivity contribution in [1.82, 2.24) is 4.90 Å². The van der Waals surface area contributed by atoms with E-state index in [0.717, 1.165) is 6.54 Å². The van der Waals surface area contributed by atoms with Crippen molar-refractivity contribution in [2.45, 2.75) is 26.8 Å². The summed E-state index contributed by atoms with van der Waals surface area (Å²) in [6.45, 7) is 7.99. The lowest BCUT2D eigenvalue weighted by Crippen LogP contribution is -2.50. The van der Waals surface area contributed by atoms with E-state index in [1.54, 1.807) is 6.92 Å². The van der Waals surface area contributed by atoms with Gasteiger partial charge in [-0.3, -0.25) is 4.79 Å². The number of amides is 1. The Morgan fingerprint density at radius 2 is 2.25 bits per heavy atom. The predicted molar refractivity (Wildman–Crippen MR) is 46.8 cm³/mol. The van der Waals surface area contributed by atoms with Gasteiger partial charge < -0.3 is 9.64 Å². The average Bonchev–Trinajstić information content (AvgIpc) is 2.04. The van der Waals surface area contributed by atoms with Gasteiger partial charge in [-0.1, -0.05) is 13.8 Å². The van der Waals surface area contributed by atoms with Crippen LogP contribution in [0.4, 0.5) is 0 Å². The van der Waals surface area contributed by atoms with E-state index in [-0.39, 0.29) is 11.9 Å². The molecule has 0 unspecified atom stereocenters. The number of carbonyl (C=O) groups excluding carboxylic acids is 1. The van der Waals surface area contributed by atoms with Crippen LogP contribution in [0.3, 0.4) is 0 Å². The number of ether oxygens (including phenoxy) is 1. The highest BCUT2D eigenvalue weighted by molar-refractivity contribution is 5.73. The highest BCUT2D eigenvalue weighted by atomic mass is 16.5. The molecule has 1 aliphatic rings. The highest BCUT2D eigenvalue weighted by Crippen LogP contribution is 2.14. The minimum absolute atomic E-state index is 0.164. The van der Waals surface area contributed by atoms with E-state index in [1.165, 1.54) is 0 Å². The largest absolute Gasteiger partial charge is 0.377 e. The van der Waals surface area contributed by atoms with Gasteiger partial charge in [-0.05, 0) is 5.92 Å². The fourth-order valence-electron chi connectivity index (χ4n) is 1.57. The zero-order chi connectivity index (χ0) is 9.14. The summed E-state index contributed by atoms with van der Waals surface area (Å²) in [6.07, 6.45) is 0. The zero-order valence-corrected chi connectivity index (χ0v) is 8.04. The molecule has 0 saturated carbocycles. The standard InChI is InChI=1S/C9H17NO2/c1-7(2)9-6-12-5-4-10(9)8(3)11/h7,9H,4-6H2,1-3H3/t9-/m0/s1. The van der Waals surface area contributed by atoms with Crippen molar-refractivity contribution in [3.8, 4) is 0 Å². The van der Waals surface area contributed by atoms with Crippen molar-refractivity contribution in [2.24, 2.45) is 5.92 Å². The van der Waals surface area contributed by atoms with E-state index >= 15 is 0 Å². The molecule has 1 rings (SSSR count). The summed E-state index contributed by atoms with van der Waals surface area (Å²) < 4.78 is 5.33. The molecule has 0 radical (unpaired) electrons. The second-order valence-corrected chi connectivity index (χ2v) is 3.60. The molecule has 0 N–H and O–H groups in total. The van der Waals surface area contributed by atoms with Crippen molar-refractivity contribution < 1.29 is 9.53 Å². The Bertz CT molecular complexity index is 168. The first-order valence-electron chi connectivity index (χ1n) is 4.48. The van der Waals surface area contributed by atoms with Gasteiger partial charge in [0.2, 0.25) is 5.91 Å². The van der Waals surface area contributed by atoms with E-state index in [4.69, 9.17) is 4.74 Å². The molecule has 1 fully saturated rings. The van der Waals surface area contributed by atoms with Crippen molar-refractivity contribution in [3.05, 3.63) is 0 Å². The van der Waals surface area contributed by atoms with Crippen LogP contribution in [0.25, 0.3) is 0 Å². The maximum absolute atomic E-state index is 11.2. The zero-order valence-electron chi connectivity index (χ0n) is 8.04. The molecular weight excluding hydrogens is 154 g/mol. The molecule has 1 atom stereocenters. The number of hydrogen-bond acceptors (Lipinski definition) is 2. The monoisotopic (exact) mass is 171 g/mol. The molecule has 1 saturated heterocycles. The van der Waals surface area contributed by atoms with Gasteiger partial charge in [0.05, 0.1) is 19.3 Å². The number of hydrogen-bond donors (Lipinski definition) is 0. The Morgan fingerprint density at radius 3 is 2.67 bits per heavy atom. The molecule has 3 nitrogen and oxygen atoms in total. The lowest BCUT2D eigenvalue weighted by molar-refractivity contribution is -0.139. The summed E-state index contributed by atoms with van der Waals surface area (Å²) in [7, 11) is 0. The summed E-state index contributed by atoms with van der Waals surface area (Å²) in [4.78, 5) is 13.1. The van der Waals surface area contributed by atoms with Gasteiger partial charge in [-0.25, -0.2) is 0 Å². The Kier molecular flexibility index (Phi) is 3.09. The molecule has 12 heavy (non-hydrogen) atoms. The molecule has 0 spiro atoms. The number of morpholine rings is 1. The summed E-state index contributed by atoms with van der Waals surface area (Å²) in [6, 6.07) is 0.274. The fraction of sp³-hybridized carbons (Fsp3) is 0.889. The van der Waals surface area contributed by atoms with Crippen LogP contribution in [-0.4, -0.2) is 36.6 Å². The van der Waals surface area contributed by atoms with Gasteiger partial charge in [0.1, 0.15) is 0 Å². The topological polar surface area (TPSA) is 29.5 Å². The predicted octanol–water partition coefficient (Wildman–Crippen LogP) is 0.890. The van der Waals surface area contributed by atoms with E-state index in [0.29, 0.717) is 19.1 Å². The molecule has 70 valence electrons. The van der Waals surface area contributed by atoms with Gasteiger partial charge in [0, 0.05) is 13.5 Å². The number of carbonyl (C=O) groups is 1. The first kappa shape index (κ1) is 9.52. The maximum Gasteiger partial charge on any atom is 0.219 e. The Hall–Kier alpha value is -0.570. The van der Waals surface area contributed by atoms with Crippen molar-refractivity contribution in [2.75, 3.05) is 19.8 Å². The van der Waals surface area contributed by atoms with Crippen LogP contribution in [0.15, 0.2) is 0 Å². The van der Waals surface area contributed by atoms with E-state index in [1.807, 2.05) is 4.90 Å². The number of nitrogens with zero attached hydrogens (tertiary/aromatic N) is 1. The van der Waals surface area contributed by atoms with Gasteiger partial charge >= 0.3 is 0 Å². The SMILES string of the molecule is CC(=O)N1CCOC[C@H]1C(C)C. The van der Waals surface area contributed by atoms with E-state index in [2.05, 4.69) is 13.8 Å². The summed E-state index contributed by atoms with van der Waals surface area (Å²) >= 11 is 0. The summed E-state index contributed by atoms with van der Waals surface area (Å²) in [5.74, 6) is 0.645. The maximum atomic E-state index is 11.2. The number of rotatable bonds is 1. The molecular formula is C9H17NO2. The average molecular weight is 171 g/mol. The molecule has 1 aliphatic heterocycles. The quantitative estimate of drug-likeness (QED) is 0.586. The lowest BCUT2D eigenvalue weighted by atomic mass is 10.0. The molecule has 1 amide bonds. The normalized spacial score (nSPS) is 24.7. The Balaban J connectivity index is 2.60. The third-order valence-corrected chi connectivity index (χ3v) is 2.34. The van der Waals surface area contributed by atoms with Crippen molar-refractivity contribution >= 4 is 5.91 Å². The van der Waals surface area contributed by atoms with Crippen LogP contribution in [-0.2, 0) is 9.53 Å². The summed E-state index contributed by atoms with van der Waals surface area (Å²) in [5.41, 5.74) is 0. The Labute approximate surface area is 73.7 Å². The molecule has 0 aromatic heterocycles. The minimum Gasteiger partial charge on any atom is -0.377 e. The Morgan fingerprint density at radius 1 is 1.58 bits per heavy atom. The van der Waals surface area contributed by atoms with Crippen LogP contribution in [0.1, 0.15) is 20.8 Å². The van der Waals surface area contributed by atoms with E-state index < -0.39 is 0 Å². The smallest absolute Gasteiger partial charge is 0.219 e. The first-order chi connectivity index (χ1) is 5.63. The second kappa shape index (κ2) is 3.90. The van der Waals surface area contributed by atoms with Crippen LogP contribution in [0, 0.1) is 5.92 Å². The van der Waals surface area contributed by atoms with Crippen LogP contribution in [0.5, 0.6) is 0 Å². The van der Waals surface area contributed by atoms with Crippen LogP contribution in [0.2, 0.25) is 0 Å². The second-order valence-electron chi connectivity index (χ2n) is 3.60. The van der Waals surface area contributed by atoms with Gasteiger partial charge in [0.15, 0.2) is 0 Å². The van der Waals surface area contributed by atoms with Gasteiger partial charge in [0.25, 0.3) is 0 Å². The third-order valence-electron chi connectivity index (χ3n) is 2.34. The molecule has 3 heteroatoms. The molecule has 1 heterocycles. The third kappa shape index (κ3) is 1.97. The molecule has 0 aromatic rings. The molecule has 0 aliphatic carbocycles. The van der Waals surface area contributed by atoms with Crippen LogP contribution >= 0.6 is 0 Å². The lowest BCUT2D eigenvalue weighted by Gasteiger charge is -2.37. The van der Waals surface area contributed by atoms with Crippen molar-refractivity contribution in [3.63, 3.8) is 0 Å². The summed E-state index contributed by atoms with van der Waals surface area (Å²) in [5, 5.41) is 0. The molecule has 0 bridgehead atoms. The van der Waals surface area contributed by atoms with Crippen LogP contribution < -0.4 is 0 Å².